The quantitative estimate of drug-likeness (QED) is 0.527. The molecule has 0 saturated heterocycles. The Balaban J connectivity index is 0. The molecular formula is C20H40N4O6S2. The Hall–Kier alpha value is -1.73. The maximum Gasteiger partial charge on any atom is 0.407 e. The number of nitrogens with zero attached hydrogens (tertiary/aromatic N) is 2. The number of hydrogen-bond acceptors (Lipinski definition) is 7. The van der Waals surface area contributed by atoms with E-state index >= 15 is 0 Å². The zero-order chi connectivity index (χ0) is 24.3. The van der Waals surface area contributed by atoms with E-state index in [-0.39, 0.29) is 44.2 Å². The maximum atomic E-state index is 11.4. The van der Waals surface area contributed by atoms with Crippen LogP contribution < -0.4 is 11.1 Å². The number of hydrogen-bond donors (Lipinski definition) is 2. The summed E-state index contributed by atoms with van der Waals surface area (Å²) in [5.74, 6) is -0.138. The smallest absolute Gasteiger partial charge is 0.407 e. The second-order valence-corrected chi connectivity index (χ2v) is 12.3. The lowest BCUT2D eigenvalue weighted by molar-refractivity contribution is 0.140. The average molecular weight is 497 g/mol. The van der Waals surface area contributed by atoms with Gasteiger partial charge in [-0.15, -0.1) is 0 Å². The van der Waals surface area contributed by atoms with Gasteiger partial charge in [-0.05, 0) is 26.3 Å². The van der Waals surface area contributed by atoms with E-state index in [1.54, 1.807) is 7.05 Å². The number of nitrogens with two attached hydrogens (primary N) is 1. The Bertz CT molecular complexity index is 867. The normalized spacial score (nSPS) is 11.9. The molecular weight excluding hydrogens is 456 g/mol. The number of amides is 1. The van der Waals surface area contributed by atoms with Crippen LogP contribution in [0.2, 0.25) is 0 Å². The molecule has 0 bridgehead atoms. The van der Waals surface area contributed by atoms with Crippen molar-refractivity contribution >= 4 is 26.1 Å². The van der Waals surface area contributed by atoms with Crippen molar-refractivity contribution in [2.45, 2.75) is 40.3 Å². The van der Waals surface area contributed by atoms with Gasteiger partial charge in [0.05, 0.1) is 11.5 Å². The molecule has 0 unspecified atom stereocenters. The van der Waals surface area contributed by atoms with E-state index in [2.05, 4.69) is 5.32 Å². The molecule has 188 valence electrons. The summed E-state index contributed by atoms with van der Waals surface area (Å²) in [6, 6.07) is 9.24. The van der Waals surface area contributed by atoms with Crippen LogP contribution in [0.3, 0.4) is 0 Å². The topological polar surface area (TPSA) is 139 Å². The molecule has 1 amide bonds. The number of nitrogens with one attached hydrogen (secondary N) is 1. The Morgan fingerprint density at radius 3 is 1.97 bits per heavy atom. The van der Waals surface area contributed by atoms with E-state index in [0.717, 1.165) is 9.87 Å². The van der Waals surface area contributed by atoms with Crippen molar-refractivity contribution in [1.82, 2.24) is 13.9 Å². The van der Waals surface area contributed by atoms with Gasteiger partial charge in [-0.2, -0.15) is 4.31 Å². The zero-order valence-electron chi connectivity index (χ0n) is 19.2. The predicted molar refractivity (Wildman–Crippen MR) is 129 cm³/mol. The minimum Gasteiger partial charge on any atom is -0.445 e. The van der Waals surface area contributed by atoms with Gasteiger partial charge in [0.25, 0.3) is 0 Å². The Morgan fingerprint density at radius 2 is 1.53 bits per heavy atom. The van der Waals surface area contributed by atoms with Gasteiger partial charge in [0.1, 0.15) is 6.61 Å². The Kier molecular flexibility index (Phi) is 14.6. The van der Waals surface area contributed by atoms with E-state index < -0.39 is 26.1 Å². The summed E-state index contributed by atoms with van der Waals surface area (Å²) in [4.78, 5) is 11.3. The molecule has 0 aromatic heterocycles. The highest BCUT2D eigenvalue weighted by molar-refractivity contribution is 7.89. The molecule has 1 aromatic rings. The van der Waals surface area contributed by atoms with E-state index in [1.165, 1.54) is 18.4 Å². The first-order valence-electron chi connectivity index (χ1n) is 9.65. The number of carbonyl (C=O) groups is 1. The van der Waals surface area contributed by atoms with Crippen LogP contribution in [0.25, 0.3) is 0 Å². The second kappa shape index (κ2) is 14.4. The van der Waals surface area contributed by atoms with Crippen molar-refractivity contribution in [3.63, 3.8) is 0 Å². The lowest BCUT2D eigenvalue weighted by atomic mass is 10.1. The number of alkyl carbamates (subject to hydrolysis) is 1. The third-order valence-electron chi connectivity index (χ3n) is 4.14. The van der Waals surface area contributed by atoms with Crippen LogP contribution in [0.5, 0.6) is 0 Å². The van der Waals surface area contributed by atoms with Gasteiger partial charge in [-0.25, -0.2) is 25.9 Å². The summed E-state index contributed by atoms with van der Waals surface area (Å²) in [7, 11) is -1.99. The molecule has 0 heterocycles. The van der Waals surface area contributed by atoms with E-state index in [1.807, 2.05) is 51.1 Å². The second-order valence-electron chi connectivity index (χ2n) is 7.83. The fourth-order valence-electron chi connectivity index (χ4n) is 1.94. The first-order valence-corrected chi connectivity index (χ1v) is 12.9. The summed E-state index contributed by atoms with van der Waals surface area (Å²) in [5.41, 5.74) is 5.70. The van der Waals surface area contributed by atoms with Crippen LogP contribution in [0.1, 0.15) is 33.8 Å². The van der Waals surface area contributed by atoms with Crippen molar-refractivity contribution in [3.8, 4) is 0 Å². The SMILES string of the molecule is C.CN(C(C)(C)C)S(=O)(=O)CCN.CN(C)S(=O)(=O)CCNC(=O)OCc1ccccc1. The van der Waals surface area contributed by atoms with Crippen LogP contribution in [-0.4, -0.2) is 82.8 Å². The average Bonchev–Trinajstić information content (AvgIpc) is 2.66. The van der Waals surface area contributed by atoms with Gasteiger partial charge >= 0.3 is 6.09 Å². The molecule has 0 saturated carbocycles. The largest absolute Gasteiger partial charge is 0.445 e. The molecule has 0 fully saturated rings. The number of benzene rings is 1. The number of carbonyl (C=O) groups excluding carboxylic acids is 1. The van der Waals surface area contributed by atoms with Gasteiger partial charge in [-0.1, -0.05) is 37.8 Å². The monoisotopic (exact) mass is 496 g/mol. The highest BCUT2D eigenvalue weighted by atomic mass is 32.2. The van der Waals surface area contributed by atoms with E-state index in [0.29, 0.717) is 0 Å². The molecule has 10 nitrogen and oxygen atoms in total. The first-order chi connectivity index (χ1) is 14.1. The standard InChI is InChI=1S/C12H18N2O4S.C7H18N2O2S.CH4/c1-14(2)19(16,17)9-8-13-12(15)18-10-11-6-4-3-5-7-11;1-7(2,3)9(4)12(10,11)6-5-8;/h3-7H,8-10H2,1-2H3,(H,13,15);5-6,8H2,1-4H3;1H4. The molecule has 12 heteroatoms. The third kappa shape index (κ3) is 13.0. The Labute approximate surface area is 194 Å². The fourth-order valence-corrected chi connectivity index (χ4v) is 4.07. The summed E-state index contributed by atoms with van der Waals surface area (Å²) in [6.07, 6.45) is -0.627. The van der Waals surface area contributed by atoms with Crippen LogP contribution in [-0.2, 0) is 31.4 Å². The van der Waals surface area contributed by atoms with Crippen LogP contribution in [0, 0.1) is 0 Å². The number of rotatable bonds is 9. The minimum atomic E-state index is -3.30. The van der Waals surface area contributed by atoms with Gasteiger partial charge in [0.15, 0.2) is 0 Å². The molecule has 3 N–H and O–H groups in total. The predicted octanol–water partition coefficient (Wildman–Crippen LogP) is 1.45. The van der Waals surface area contributed by atoms with Crippen LogP contribution in [0.15, 0.2) is 30.3 Å². The van der Waals surface area contributed by atoms with E-state index in [4.69, 9.17) is 10.5 Å². The molecule has 0 aliphatic heterocycles. The number of sulfonamides is 2. The van der Waals surface area contributed by atoms with Crippen molar-refractivity contribution < 1.29 is 26.4 Å². The molecule has 32 heavy (non-hydrogen) atoms. The maximum absolute atomic E-state index is 11.4. The van der Waals surface area contributed by atoms with Crippen molar-refractivity contribution in [2.24, 2.45) is 5.73 Å². The summed E-state index contributed by atoms with van der Waals surface area (Å²) in [5, 5.41) is 2.40. The molecule has 0 spiro atoms. The van der Waals surface area contributed by atoms with Crippen molar-refractivity contribution in [1.29, 1.82) is 0 Å². The first kappa shape index (κ1) is 32.4. The van der Waals surface area contributed by atoms with Crippen molar-refractivity contribution in [2.75, 3.05) is 45.7 Å². The fraction of sp³-hybridized carbons (Fsp3) is 0.650. The molecule has 1 rings (SSSR count). The minimum absolute atomic E-state index is 0. The molecule has 0 aliphatic carbocycles. The lowest BCUT2D eigenvalue weighted by Crippen LogP contribution is -2.44. The third-order valence-corrected chi connectivity index (χ3v) is 8.10. The summed E-state index contributed by atoms with van der Waals surface area (Å²) < 4.78 is 53.1. The molecule has 0 aliphatic rings. The van der Waals surface area contributed by atoms with Gasteiger partial charge in [0.2, 0.25) is 20.0 Å². The lowest BCUT2D eigenvalue weighted by Gasteiger charge is -2.30. The highest BCUT2D eigenvalue weighted by Gasteiger charge is 2.27. The van der Waals surface area contributed by atoms with Crippen LogP contribution >= 0.6 is 0 Å². The Morgan fingerprint density at radius 1 is 1.00 bits per heavy atom. The molecule has 1 aromatic carbocycles. The zero-order valence-corrected chi connectivity index (χ0v) is 20.8. The molecule has 0 radical (unpaired) electrons. The summed E-state index contributed by atoms with van der Waals surface area (Å²) >= 11 is 0. The van der Waals surface area contributed by atoms with Gasteiger partial charge < -0.3 is 15.8 Å². The van der Waals surface area contributed by atoms with Gasteiger partial charge in [0, 0.05) is 39.8 Å². The van der Waals surface area contributed by atoms with Gasteiger partial charge in [-0.3, -0.25) is 0 Å². The van der Waals surface area contributed by atoms with Crippen LogP contribution in [0.4, 0.5) is 4.79 Å². The molecule has 0 atom stereocenters. The number of ether oxygens (including phenoxy) is 1. The van der Waals surface area contributed by atoms with Crippen molar-refractivity contribution in [3.05, 3.63) is 35.9 Å². The van der Waals surface area contributed by atoms with E-state index in [9.17, 15) is 21.6 Å². The summed E-state index contributed by atoms with van der Waals surface area (Å²) in [6.45, 7) is 5.90. The highest BCUT2D eigenvalue weighted by Crippen LogP contribution is 2.14.